The predicted molar refractivity (Wildman–Crippen MR) is 117 cm³/mol. The monoisotopic (exact) mass is 416 g/mol. The molecule has 6 nitrogen and oxygen atoms in total. The van der Waals surface area contributed by atoms with E-state index in [9.17, 15) is 14.3 Å². The maximum absolute atomic E-state index is 13.1. The zero-order chi connectivity index (χ0) is 21.6. The largest absolute Gasteiger partial charge is 0.394 e. The van der Waals surface area contributed by atoms with Gasteiger partial charge in [0, 0.05) is 30.3 Å². The van der Waals surface area contributed by atoms with Crippen molar-refractivity contribution >= 4 is 17.4 Å². The fraction of sp³-hybridized carbons (Fsp3) is 0.0833. The summed E-state index contributed by atoms with van der Waals surface area (Å²) in [6.45, 7) is -0.195. The van der Waals surface area contributed by atoms with Crippen LogP contribution in [-0.2, 0) is 0 Å². The van der Waals surface area contributed by atoms with Crippen molar-refractivity contribution in [2.45, 2.75) is 6.04 Å². The van der Waals surface area contributed by atoms with Gasteiger partial charge in [0.15, 0.2) is 0 Å². The van der Waals surface area contributed by atoms with Gasteiger partial charge < -0.3 is 20.3 Å². The van der Waals surface area contributed by atoms with Gasteiger partial charge in [-0.1, -0.05) is 30.3 Å². The number of hydrogen-bond donors (Lipinski definition) is 3. The van der Waals surface area contributed by atoms with Crippen LogP contribution >= 0.6 is 0 Å². The Hall–Kier alpha value is -3.97. The van der Waals surface area contributed by atoms with Crippen molar-refractivity contribution in [3.63, 3.8) is 0 Å². The minimum atomic E-state index is -0.482. The molecule has 0 saturated carbocycles. The number of rotatable bonds is 7. The fourth-order valence-corrected chi connectivity index (χ4v) is 3.18. The van der Waals surface area contributed by atoms with Crippen molar-refractivity contribution in [3.8, 4) is 5.69 Å². The number of nitrogens with zero attached hydrogens (tertiary/aromatic N) is 2. The fourth-order valence-electron chi connectivity index (χ4n) is 3.18. The first-order chi connectivity index (χ1) is 15.1. The molecule has 4 rings (SSSR count). The van der Waals surface area contributed by atoms with Gasteiger partial charge in [-0.05, 0) is 42.0 Å². The van der Waals surface area contributed by atoms with E-state index in [2.05, 4.69) is 15.6 Å². The van der Waals surface area contributed by atoms with Crippen LogP contribution in [0.2, 0.25) is 0 Å². The van der Waals surface area contributed by atoms with E-state index in [1.807, 2.05) is 47.0 Å². The predicted octanol–water partition coefficient (Wildman–Crippen LogP) is 4.22. The van der Waals surface area contributed by atoms with E-state index in [-0.39, 0.29) is 18.3 Å². The lowest BCUT2D eigenvalue weighted by Gasteiger charge is -2.16. The molecule has 156 valence electrons. The average Bonchev–Trinajstić information content (AvgIpc) is 3.30. The molecule has 0 fully saturated rings. The van der Waals surface area contributed by atoms with Crippen LogP contribution in [0.3, 0.4) is 0 Å². The van der Waals surface area contributed by atoms with Crippen LogP contribution in [0.4, 0.5) is 15.9 Å². The third kappa shape index (κ3) is 4.96. The molecule has 0 radical (unpaired) electrons. The Morgan fingerprint density at radius 1 is 1.06 bits per heavy atom. The van der Waals surface area contributed by atoms with E-state index in [4.69, 9.17) is 0 Å². The highest BCUT2D eigenvalue weighted by molar-refractivity contribution is 5.94. The molecule has 0 aliphatic carbocycles. The lowest BCUT2D eigenvalue weighted by atomic mass is 10.1. The highest BCUT2D eigenvalue weighted by Gasteiger charge is 2.16. The number of pyridine rings is 1. The molecule has 2 aromatic heterocycles. The normalized spacial score (nSPS) is 11.7. The molecule has 2 aromatic carbocycles. The summed E-state index contributed by atoms with van der Waals surface area (Å²) in [5.74, 6) is 0.00899. The number of anilines is 2. The van der Waals surface area contributed by atoms with Gasteiger partial charge in [-0.3, -0.25) is 4.79 Å². The second kappa shape index (κ2) is 9.23. The SMILES string of the molecule is O=C(NC(CO)c1ccccc1)c1ccn(-c2ccnc(Nc3ccc(F)cc3)c2)c1. The zero-order valence-corrected chi connectivity index (χ0v) is 16.6. The van der Waals surface area contributed by atoms with E-state index in [0.29, 0.717) is 11.4 Å². The van der Waals surface area contributed by atoms with Gasteiger partial charge in [0.25, 0.3) is 5.91 Å². The summed E-state index contributed by atoms with van der Waals surface area (Å²) in [5, 5.41) is 15.7. The van der Waals surface area contributed by atoms with E-state index in [1.165, 1.54) is 12.1 Å². The number of aromatic nitrogens is 2. The second-order valence-corrected chi connectivity index (χ2v) is 6.96. The number of carbonyl (C=O) groups excluding carboxylic acids is 1. The van der Waals surface area contributed by atoms with Gasteiger partial charge in [-0.15, -0.1) is 0 Å². The maximum Gasteiger partial charge on any atom is 0.253 e. The summed E-state index contributed by atoms with van der Waals surface area (Å²) in [5.41, 5.74) is 2.83. The topological polar surface area (TPSA) is 79.2 Å². The third-order valence-corrected chi connectivity index (χ3v) is 4.80. The Labute approximate surface area is 179 Å². The number of aliphatic hydroxyl groups excluding tert-OH is 1. The van der Waals surface area contributed by atoms with Crippen LogP contribution < -0.4 is 10.6 Å². The van der Waals surface area contributed by atoms with Crippen LogP contribution in [-0.4, -0.2) is 27.2 Å². The summed E-state index contributed by atoms with van der Waals surface area (Å²) in [7, 11) is 0. The van der Waals surface area contributed by atoms with E-state index < -0.39 is 6.04 Å². The molecule has 2 heterocycles. The molecule has 1 amide bonds. The molecular formula is C24H21FN4O2. The van der Waals surface area contributed by atoms with Crippen LogP contribution in [0.15, 0.2) is 91.4 Å². The van der Waals surface area contributed by atoms with Gasteiger partial charge in [0.05, 0.1) is 23.9 Å². The number of amides is 1. The molecule has 0 bridgehead atoms. The Kier molecular flexibility index (Phi) is 6.05. The standard InChI is InChI=1S/C24H21FN4O2/c25-19-6-8-20(9-7-19)27-23-14-21(10-12-26-23)29-13-11-18(15-29)24(31)28-22(16-30)17-4-2-1-3-5-17/h1-15,22,30H,16H2,(H,26,27)(H,28,31). The molecule has 31 heavy (non-hydrogen) atoms. The molecule has 1 atom stereocenters. The highest BCUT2D eigenvalue weighted by Crippen LogP contribution is 2.19. The Balaban J connectivity index is 1.48. The maximum atomic E-state index is 13.1. The van der Waals surface area contributed by atoms with Crippen molar-refractivity contribution in [3.05, 3.63) is 108 Å². The van der Waals surface area contributed by atoms with E-state index >= 15 is 0 Å². The van der Waals surface area contributed by atoms with Crippen molar-refractivity contribution in [2.24, 2.45) is 0 Å². The van der Waals surface area contributed by atoms with Gasteiger partial charge in [-0.25, -0.2) is 9.37 Å². The Bertz CT molecular complexity index is 1160. The van der Waals surface area contributed by atoms with Gasteiger partial charge in [0.2, 0.25) is 0 Å². The smallest absolute Gasteiger partial charge is 0.253 e. The van der Waals surface area contributed by atoms with Crippen molar-refractivity contribution in [1.82, 2.24) is 14.9 Å². The molecule has 0 aliphatic rings. The summed E-state index contributed by atoms with van der Waals surface area (Å²) in [4.78, 5) is 17.0. The Morgan fingerprint density at radius 3 is 2.58 bits per heavy atom. The first-order valence-electron chi connectivity index (χ1n) is 9.76. The molecule has 7 heteroatoms. The van der Waals surface area contributed by atoms with Crippen molar-refractivity contribution in [2.75, 3.05) is 11.9 Å². The number of halogens is 1. The second-order valence-electron chi connectivity index (χ2n) is 6.96. The van der Waals surface area contributed by atoms with Crippen molar-refractivity contribution < 1.29 is 14.3 Å². The quantitative estimate of drug-likeness (QED) is 0.422. The summed E-state index contributed by atoms with van der Waals surface area (Å²) in [6, 6.07) is 20.2. The first kappa shape index (κ1) is 20.3. The molecule has 3 N–H and O–H groups in total. The summed E-state index contributed by atoms with van der Waals surface area (Å²) >= 11 is 0. The molecule has 0 spiro atoms. The highest BCUT2D eigenvalue weighted by atomic mass is 19.1. The van der Waals surface area contributed by atoms with Crippen LogP contribution in [0.25, 0.3) is 5.69 Å². The molecule has 0 saturated heterocycles. The average molecular weight is 416 g/mol. The van der Waals surface area contributed by atoms with Crippen molar-refractivity contribution in [1.29, 1.82) is 0 Å². The molecule has 0 aliphatic heterocycles. The van der Waals surface area contributed by atoms with Gasteiger partial charge >= 0.3 is 0 Å². The number of nitrogens with one attached hydrogen (secondary N) is 2. The molecular weight excluding hydrogens is 395 g/mol. The minimum absolute atomic E-state index is 0.195. The number of benzene rings is 2. The van der Waals surface area contributed by atoms with E-state index in [0.717, 1.165) is 16.9 Å². The molecule has 4 aromatic rings. The Morgan fingerprint density at radius 2 is 1.84 bits per heavy atom. The number of aliphatic hydroxyl groups is 1. The lowest BCUT2D eigenvalue weighted by molar-refractivity contribution is 0.0916. The third-order valence-electron chi connectivity index (χ3n) is 4.80. The zero-order valence-electron chi connectivity index (χ0n) is 16.6. The van der Waals surface area contributed by atoms with E-state index in [1.54, 1.807) is 36.8 Å². The number of hydrogen-bond acceptors (Lipinski definition) is 4. The summed E-state index contributed by atoms with van der Waals surface area (Å²) in [6.07, 6.45) is 5.15. The first-order valence-corrected chi connectivity index (χ1v) is 9.76. The molecule has 1 unspecified atom stereocenters. The minimum Gasteiger partial charge on any atom is -0.394 e. The van der Waals surface area contributed by atoms with Crippen LogP contribution in [0.1, 0.15) is 22.0 Å². The van der Waals surface area contributed by atoms with Gasteiger partial charge in [-0.2, -0.15) is 0 Å². The number of carbonyl (C=O) groups is 1. The van der Waals surface area contributed by atoms with Crippen LogP contribution in [0, 0.1) is 5.82 Å². The summed E-state index contributed by atoms with van der Waals surface area (Å²) < 4.78 is 14.9. The van der Waals surface area contributed by atoms with Crippen LogP contribution in [0.5, 0.6) is 0 Å². The van der Waals surface area contributed by atoms with Gasteiger partial charge in [0.1, 0.15) is 11.6 Å². The lowest BCUT2D eigenvalue weighted by Crippen LogP contribution is -2.30.